The smallest absolute Gasteiger partial charge is 0.240 e. The highest BCUT2D eigenvalue weighted by Crippen LogP contribution is 2.31. The number of amides is 1. The maximum absolute atomic E-state index is 12.3. The largest absolute Gasteiger partial charge is 0.384 e. The summed E-state index contributed by atoms with van der Waals surface area (Å²) in [7, 11) is 1.76. The van der Waals surface area contributed by atoms with E-state index in [-0.39, 0.29) is 11.3 Å². The Hall–Kier alpha value is -0.980. The number of anilines is 1. The van der Waals surface area contributed by atoms with Gasteiger partial charge in [-0.25, -0.2) is 4.98 Å². The highest BCUT2D eigenvalue weighted by atomic mass is 32.1. The molecular weight excluding hydrogens is 310 g/mol. The van der Waals surface area contributed by atoms with Crippen molar-refractivity contribution >= 4 is 22.4 Å². The van der Waals surface area contributed by atoms with Crippen LogP contribution < -0.4 is 5.32 Å². The molecule has 23 heavy (non-hydrogen) atoms. The number of ether oxygens (including phenoxy) is 1. The summed E-state index contributed by atoms with van der Waals surface area (Å²) in [6.07, 6.45) is 6.81. The molecule has 0 bridgehead atoms. The van der Waals surface area contributed by atoms with Gasteiger partial charge < -0.3 is 10.1 Å². The zero-order valence-corrected chi connectivity index (χ0v) is 15.0. The molecule has 6 heteroatoms. The van der Waals surface area contributed by atoms with Crippen LogP contribution in [0, 0.1) is 5.41 Å². The summed E-state index contributed by atoms with van der Waals surface area (Å²) >= 11 is 1.65. The highest BCUT2D eigenvalue weighted by Gasteiger charge is 2.30. The quantitative estimate of drug-likeness (QED) is 0.897. The van der Waals surface area contributed by atoms with Gasteiger partial charge in [-0.05, 0) is 57.0 Å². The van der Waals surface area contributed by atoms with Crippen LogP contribution in [0.15, 0.2) is 0 Å². The van der Waals surface area contributed by atoms with E-state index in [2.05, 4.69) is 22.1 Å². The zero-order chi connectivity index (χ0) is 16.3. The lowest BCUT2D eigenvalue weighted by molar-refractivity contribution is -0.118. The molecule has 1 N–H and O–H groups in total. The van der Waals surface area contributed by atoms with Crippen molar-refractivity contribution < 1.29 is 9.53 Å². The van der Waals surface area contributed by atoms with Gasteiger partial charge >= 0.3 is 0 Å². The number of carbonyl (C=O) groups is 1. The number of aromatic nitrogens is 1. The Labute approximate surface area is 142 Å². The average molecular weight is 337 g/mol. The van der Waals surface area contributed by atoms with Crippen molar-refractivity contribution in [2.45, 2.75) is 45.4 Å². The van der Waals surface area contributed by atoms with Crippen molar-refractivity contribution in [2.24, 2.45) is 5.41 Å². The second-order valence-electron chi connectivity index (χ2n) is 7.16. The summed E-state index contributed by atoms with van der Waals surface area (Å²) in [4.78, 5) is 20.4. The molecule has 128 valence electrons. The van der Waals surface area contributed by atoms with Crippen molar-refractivity contribution in [1.82, 2.24) is 9.88 Å². The van der Waals surface area contributed by atoms with Crippen LogP contribution in [0.5, 0.6) is 0 Å². The standard InChI is InChI=1S/C17H27N3O2S/c1-17(12-22-2)7-9-20(10-8-17)11-15(21)19-16-18-13-5-3-4-6-14(13)23-16/h3-12H2,1-2H3,(H,18,19,21). The van der Waals surface area contributed by atoms with E-state index in [0.717, 1.165) is 50.5 Å². The number of hydrogen-bond acceptors (Lipinski definition) is 5. The fourth-order valence-electron chi connectivity index (χ4n) is 3.51. The van der Waals surface area contributed by atoms with E-state index in [1.165, 1.54) is 23.4 Å². The Kier molecular flexibility index (Phi) is 5.34. The predicted octanol–water partition coefficient (Wildman–Crippen LogP) is 2.71. The number of nitrogens with zero attached hydrogens (tertiary/aromatic N) is 2. The van der Waals surface area contributed by atoms with Crippen LogP contribution in [0.4, 0.5) is 5.13 Å². The molecular formula is C17H27N3O2S. The minimum absolute atomic E-state index is 0.0615. The Morgan fingerprint density at radius 2 is 2.09 bits per heavy atom. The second-order valence-corrected chi connectivity index (χ2v) is 8.25. The van der Waals surface area contributed by atoms with Gasteiger partial charge in [0.15, 0.2) is 5.13 Å². The molecule has 2 aliphatic rings. The molecule has 1 aliphatic carbocycles. The van der Waals surface area contributed by atoms with Gasteiger partial charge in [0.1, 0.15) is 0 Å². The highest BCUT2D eigenvalue weighted by molar-refractivity contribution is 7.15. The number of rotatable bonds is 5. The number of fused-ring (bicyclic) bond motifs is 1. The Bertz CT molecular complexity index is 527. The van der Waals surface area contributed by atoms with Gasteiger partial charge in [-0.1, -0.05) is 6.92 Å². The molecule has 0 aromatic carbocycles. The fraction of sp³-hybridized carbons (Fsp3) is 0.765. The molecule has 1 aromatic heterocycles. The molecule has 1 fully saturated rings. The van der Waals surface area contributed by atoms with Gasteiger partial charge in [-0.2, -0.15) is 0 Å². The van der Waals surface area contributed by atoms with Crippen molar-refractivity contribution in [3.05, 3.63) is 10.6 Å². The molecule has 0 atom stereocenters. The van der Waals surface area contributed by atoms with Crippen molar-refractivity contribution in [1.29, 1.82) is 0 Å². The molecule has 1 aliphatic heterocycles. The van der Waals surface area contributed by atoms with Gasteiger partial charge in [-0.3, -0.25) is 9.69 Å². The third kappa shape index (κ3) is 4.31. The monoisotopic (exact) mass is 337 g/mol. The number of thiazole rings is 1. The maximum atomic E-state index is 12.3. The molecule has 5 nitrogen and oxygen atoms in total. The van der Waals surface area contributed by atoms with E-state index in [4.69, 9.17) is 4.74 Å². The molecule has 0 unspecified atom stereocenters. The number of carbonyl (C=O) groups excluding carboxylic acids is 1. The molecule has 0 saturated carbocycles. The van der Waals surface area contributed by atoms with Crippen LogP contribution in [0.3, 0.4) is 0 Å². The number of aryl methyl sites for hydroxylation is 2. The first kappa shape index (κ1) is 16.9. The summed E-state index contributed by atoms with van der Waals surface area (Å²) in [5.41, 5.74) is 1.46. The minimum Gasteiger partial charge on any atom is -0.384 e. The molecule has 2 heterocycles. The predicted molar refractivity (Wildman–Crippen MR) is 93.0 cm³/mol. The van der Waals surface area contributed by atoms with Crippen LogP contribution in [-0.2, 0) is 22.4 Å². The van der Waals surface area contributed by atoms with E-state index >= 15 is 0 Å². The molecule has 0 spiro atoms. The molecule has 1 aromatic rings. The van der Waals surface area contributed by atoms with E-state index in [0.29, 0.717) is 6.54 Å². The van der Waals surface area contributed by atoms with Crippen LogP contribution in [0.2, 0.25) is 0 Å². The maximum Gasteiger partial charge on any atom is 0.240 e. The normalized spacial score (nSPS) is 21.0. The summed E-state index contributed by atoms with van der Waals surface area (Å²) in [5, 5.41) is 3.78. The van der Waals surface area contributed by atoms with E-state index in [1.54, 1.807) is 18.4 Å². The SMILES string of the molecule is COCC1(C)CCN(CC(=O)Nc2nc3c(s2)CCCC3)CC1. The van der Waals surface area contributed by atoms with Crippen molar-refractivity contribution in [2.75, 3.05) is 38.7 Å². The van der Waals surface area contributed by atoms with Crippen molar-refractivity contribution in [3.63, 3.8) is 0 Å². The minimum atomic E-state index is 0.0615. The Morgan fingerprint density at radius 3 is 2.78 bits per heavy atom. The average Bonchev–Trinajstić information content (AvgIpc) is 2.92. The van der Waals surface area contributed by atoms with Gasteiger partial charge in [0, 0.05) is 12.0 Å². The summed E-state index contributed by atoms with van der Waals surface area (Å²) in [6.45, 7) is 5.46. The van der Waals surface area contributed by atoms with E-state index < -0.39 is 0 Å². The number of nitrogens with one attached hydrogen (secondary N) is 1. The van der Waals surface area contributed by atoms with Gasteiger partial charge in [-0.15, -0.1) is 11.3 Å². The van der Waals surface area contributed by atoms with Gasteiger partial charge in [0.05, 0.1) is 18.8 Å². The molecule has 3 rings (SSSR count). The topological polar surface area (TPSA) is 54.5 Å². The number of piperidine rings is 1. The van der Waals surface area contributed by atoms with Crippen molar-refractivity contribution in [3.8, 4) is 0 Å². The third-order valence-corrected chi connectivity index (χ3v) is 6.09. The summed E-state index contributed by atoms with van der Waals surface area (Å²) < 4.78 is 5.31. The van der Waals surface area contributed by atoms with E-state index in [9.17, 15) is 4.79 Å². The van der Waals surface area contributed by atoms with Gasteiger partial charge in [0.2, 0.25) is 5.91 Å². The lowest BCUT2D eigenvalue weighted by atomic mass is 9.81. The van der Waals surface area contributed by atoms with Crippen LogP contribution in [-0.4, -0.2) is 49.1 Å². The lowest BCUT2D eigenvalue weighted by Gasteiger charge is -2.38. The molecule has 0 radical (unpaired) electrons. The number of methoxy groups -OCH3 is 1. The number of hydrogen-bond donors (Lipinski definition) is 1. The van der Waals surface area contributed by atoms with Crippen LogP contribution >= 0.6 is 11.3 Å². The zero-order valence-electron chi connectivity index (χ0n) is 14.2. The first-order chi connectivity index (χ1) is 11.1. The van der Waals surface area contributed by atoms with Crippen LogP contribution in [0.25, 0.3) is 0 Å². The number of likely N-dealkylation sites (tertiary alicyclic amines) is 1. The molecule has 1 amide bonds. The third-order valence-electron chi connectivity index (χ3n) is 5.02. The van der Waals surface area contributed by atoms with Crippen LogP contribution in [0.1, 0.15) is 43.2 Å². The van der Waals surface area contributed by atoms with E-state index in [1.807, 2.05) is 0 Å². The van der Waals surface area contributed by atoms with Gasteiger partial charge in [0.25, 0.3) is 0 Å². The first-order valence-corrected chi connectivity index (χ1v) is 9.39. The fourth-order valence-corrected chi connectivity index (χ4v) is 4.58. The lowest BCUT2D eigenvalue weighted by Crippen LogP contribution is -2.43. The molecule has 1 saturated heterocycles. The Morgan fingerprint density at radius 1 is 1.35 bits per heavy atom. The first-order valence-electron chi connectivity index (χ1n) is 8.58. The summed E-state index contributed by atoms with van der Waals surface area (Å²) in [5.74, 6) is 0.0615. The summed E-state index contributed by atoms with van der Waals surface area (Å²) in [6, 6.07) is 0. The Balaban J connectivity index is 1.47. The second kappa shape index (κ2) is 7.28.